The lowest BCUT2D eigenvalue weighted by Crippen LogP contribution is -2.41. The third kappa shape index (κ3) is 4.90. The van der Waals surface area contributed by atoms with E-state index in [0.717, 1.165) is 37.1 Å². The van der Waals surface area contributed by atoms with Crippen LogP contribution in [0.5, 0.6) is 5.75 Å². The molecule has 2 aromatic carbocycles. The van der Waals surface area contributed by atoms with Crippen LogP contribution in [0.1, 0.15) is 48.2 Å². The fourth-order valence-electron chi connectivity index (χ4n) is 4.12. The van der Waals surface area contributed by atoms with Crippen molar-refractivity contribution in [2.45, 2.75) is 51.9 Å². The summed E-state index contributed by atoms with van der Waals surface area (Å²) in [4.78, 5) is 17.1. The molecule has 0 radical (unpaired) electrons. The van der Waals surface area contributed by atoms with Crippen LogP contribution < -0.4 is 4.74 Å². The van der Waals surface area contributed by atoms with Gasteiger partial charge in [-0.25, -0.2) is 4.39 Å². The summed E-state index contributed by atoms with van der Waals surface area (Å²) in [5.74, 6) is 0.265. The summed E-state index contributed by atoms with van der Waals surface area (Å²) < 4.78 is 19.5. The lowest BCUT2D eigenvalue weighted by Gasteiger charge is -2.34. The van der Waals surface area contributed by atoms with Crippen molar-refractivity contribution in [1.29, 1.82) is 0 Å². The number of piperidine rings is 1. The highest BCUT2D eigenvalue weighted by molar-refractivity contribution is 6.34. The fourth-order valence-corrected chi connectivity index (χ4v) is 4.37. The van der Waals surface area contributed by atoms with E-state index in [-0.39, 0.29) is 30.2 Å². The van der Waals surface area contributed by atoms with Gasteiger partial charge in [0.2, 0.25) is 0 Å². The maximum absolute atomic E-state index is 13.4. The van der Waals surface area contributed by atoms with E-state index in [2.05, 4.69) is 18.7 Å². The molecule has 2 aliphatic rings. The molecular weight excluding hydrogens is 426 g/mol. The number of amides is 1. The summed E-state index contributed by atoms with van der Waals surface area (Å²) in [6.07, 6.45) is 2.14. The van der Waals surface area contributed by atoms with Crippen molar-refractivity contribution >= 4 is 29.9 Å². The maximum Gasteiger partial charge on any atom is 0.255 e. The minimum absolute atomic E-state index is 0. The molecule has 1 saturated heterocycles. The van der Waals surface area contributed by atoms with E-state index in [4.69, 9.17) is 16.3 Å². The standard InChI is InChI=1S/C23H26ClFN2O2.ClH/c1-15(2)26-9-7-19(8-10-26)29-20-5-6-21(22(24)12-20)23(28)27-13-16-3-4-18(25)11-17(16)14-27;/h3-6,11-12,15,19H,7-10,13-14H2,1-2H3;1H. The first-order valence-electron chi connectivity index (χ1n) is 10.2. The zero-order chi connectivity index (χ0) is 20.5. The highest BCUT2D eigenvalue weighted by atomic mass is 35.5. The average Bonchev–Trinajstić information content (AvgIpc) is 3.11. The fraction of sp³-hybridized carbons (Fsp3) is 0.435. The van der Waals surface area contributed by atoms with E-state index in [1.165, 1.54) is 12.1 Å². The Morgan fingerprint density at radius 3 is 2.47 bits per heavy atom. The topological polar surface area (TPSA) is 32.8 Å². The summed E-state index contributed by atoms with van der Waals surface area (Å²) >= 11 is 6.43. The monoisotopic (exact) mass is 452 g/mol. The molecule has 0 spiro atoms. The molecule has 0 atom stereocenters. The number of hydrogen-bond acceptors (Lipinski definition) is 3. The highest BCUT2D eigenvalue weighted by Gasteiger charge is 2.27. The number of fused-ring (bicyclic) bond motifs is 1. The van der Waals surface area contributed by atoms with E-state index in [0.29, 0.717) is 35.5 Å². The van der Waals surface area contributed by atoms with Crippen molar-refractivity contribution in [2.75, 3.05) is 13.1 Å². The van der Waals surface area contributed by atoms with Crippen LogP contribution in [0, 0.1) is 5.82 Å². The van der Waals surface area contributed by atoms with E-state index >= 15 is 0 Å². The molecule has 162 valence electrons. The number of nitrogens with zero attached hydrogens (tertiary/aromatic N) is 2. The summed E-state index contributed by atoms with van der Waals surface area (Å²) in [6, 6.07) is 10.5. The molecule has 0 saturated carbocycles. The van der Waals surface area contributed by atoms with Crippen LogP contribution in [0.25, 0.3) is 0 Å². The second-order valence-electron chi connectivity index (χ2n) is 8.16. The first-order chi connectivity index (χ1) is 13.9. The molecule has 4 rings (SSSR count). The number of ether oxygens (including phenoxy) is 1. The summed E-state index contributed by atoms with van der Waals surface area (Å²) in [5, 5.41) is 0.384. The Kier molecular flexibility index (Phi) is 7.27. The van der Waals surface area contributed by atoms with Gasteiger partial charge in [0.25, 0.3) is 5.91 Å². The Balaban J connectivity index is 0.00000256. The molecule has 2 heterocycles. The summed E-state index contributed by atoms with van der Waals surface area (Å²) in [5.41, 5.74) is 2.27. The van der Waals surface area contributed by atoms with Crippen molar-refractivity contribution in [2.24, 2.45) is 0 Å². The van der Waals surface area contributed by atoms with Crippen molar-refractivity contribution in [3.8, 4) is 5.75 Å². The van der Waals surface area contributed by atoms with Gasteiger partial charge in [0.05, 0.1) is 10.6 Å². The number of rotatable bonds is 4. The zero-order valence-electron chi connectivity index (χ0n) is 17.2. The molecule has 30 heavy (non-hydrogen) atoms. The largest absolute Gasteiger partial charge is 0.490 e. The molecule has 0 N–H and O–H groups in total. The number of carbonyl (C=O) groups is 1. The van der Waals surface area contributed by atoms with Gasteiger partial charge < -0.3 is 14.5 Å². The number of likely N-dealkylation sites (tertiary alicyclic amines) is 1. The predicted octanol–water partition coefficient (Wildman–Crippen LogP) is 5.31. The van der Waals surface area contributed by atoms with Gasteiger partial charge in [-0.3, -0.25) is 4.79 Å². The van der Waals surface area contributed by atoms with Gasteiger partial charge in [-0.1, -0.05) is 17.7 Å². The third-order valence-corrected chi connectivity index (χ3v) is 6.17. The van der Waals surface area contributed by atoms with Crippen LogP contribution in [0.3, 0.4) is 0 Å². The van der Waals surface area contributed by atoms with Crippen LogP contribution >= 0.6 is 24.0 Å². The first-order valence-corrected chi connectivity index (χ1v) is 10.6. The van der Waals surface area contributed by atoms with Gasteiger partial charge in [-0.05, 0) is 68.1 Å². The molecule has 0 bridgehead atoms. The van der Waals surface area contributed by atoms with E-state index in [1.54, 1.807) is 23.1 Å². The second-order valence-corrected chi connectivity index (χ2v) is 8.57. The average molecular weight is 453 g/mol. The molecule has 4 nitrogen and oxygen atoms in total. The van der Waals surface area contributed by atoms with Crippen molar-refractivity contribution in [3.63, 3.8) is 0 Å². The van der Waals surface area contributed by atoms with Gasteiger partial charge in [0, 0.05) is 32.2 Å². The predicted molar refractivity (Wildman–Crippen MR) is 119 cm³/mol. The van der Waals surface area contributed by atoms with Crippen LogP contribution in [-0.2, 0) is 13.1 Å². The van der Waals surface area contributed by atoms with Crippen molar-refractivity contribution < 1.29 is 13.9 Å². The molecule has 7 heteroatoms. The summed E-state index contributed by atoms with van der Waals surface area (Å²) in [7, 11) is 0. The Labute approximate surface area is 188 Å². The van der Waals surface area contributed by atoms with Gasteiger partial charge in [-0.15, -0.1) is 12.4 Å². The second kappa shape index (κ2) is 9.54. The molecule has 2 aliphatic heterocycles. The molecule has 1 fully saturated rings. The molecule has 0 aromatic heterocycles. The minimum atomic E-state index is -0.281. The van der Waals surface area contributed by atoms with Crippen LogP contribution in [0.2, 0.25) is 5.02 Å². The van der Waals surface area contributed by atoms with E-state index < -0.39 is 0 Å². The van der Waals surface area contributed by atoms with Crippen LogP contribution in [0.15, 0.2) is 36.4 Å². The molecule has 0 unspecified atom stereocenters. The van der Waals surface area contributed by atoms with E-state index in [1.807, 2.05) is 6.07 Å². The third-order valence-electron chi connectivity index (χ3n) is 5.86. The van der Waals surface area contributed by atoms with Crippen molar-refractivity contribution in [1.82, 2.24) is 9.80 Å². The summed E-state index contributed by atoms with van der Waals surface area (Å²) in [6.45, 7) is 7.36. The van der Waals surface area contributed by atoms with Gasteiger partial charge >= 0.3 is 0 Å². The minimum Gasteiger partial charge on any atom is -0.490 e. The number of carbonyl (C=O) groups excluding carboxylic acids is 1. The Morgan fingerprint density at radius 1 is 1.10 bits per heavy atom. The first kappa shape index (κ1) is 22.9. The SMILES string of the molecule is CC(C)N1CCC(Oc2ccc(C(=O)N3Cc4ccc(F)cc4C3)c(Cl)c2)CC1.Cl. The molecular formula is C23H27Cl2FN2O2. The van der Waals surface area contributed by atoms with Crippen LogP contribution in [-0.4, -0.2) is 40.9 Å². The normalized spacial score (nSPS) is 17.0. The van der Waals surface area contributed by atoms with Gasteiger partial charge in [0.15, 0.2) is 0 Å². The van der Waals surface area contributed by atoms with Crippen molar-refractivity contribution in [3.05, 3.63) is 63.9 Å². The van der Waals surface area contributed by atoms with E-state index in [9.17, 15) is 9.18 Å². The smallest absolute Gasteiger partial charge is 0.255 e. The van der Waals surface area contributed by atoms with Gasteiger partial charge in [0.1, 0.15) is 17.7 Å². The molecule has 2 aromatic rings. The Bertz CT molecular complexity index is 914. The molecule has 1 amide bonds. The lowest BCUT2D eigenvalue weighted by molar-refractivity contribution is 0.0751. The zero-order valence-corrected chi connectivity index (χ0v) is 18.8. The molecule has 0 aliphatic carbocycles. The van der Waals surface area contributed by atoms with Gasteiger partial charge in [-0.2, -0.15) is 0 Å². The number of hydrogen-bond donors (Lipinski definition) is 0. The van der Waals surface area contributed by atoms with Crippen LogP contribution in [0.4, 0.5) is 4.39 Å². The Hall–Kier alpha value is -1.82. The number of benzene rings is 2. The lowest BCUT2D eigenvalue weighted by atomic mass is 10.1. The number of halogens is 3. The highest BCUT2D eigenvalue weighted by Crippen LogP contribution is 2.30. The Morgan fingerprint density at radius 2 is 1.80 bits per heavy atom. The quantitative estimate of drug-likeness (QED) is 0.629. The maximum atomic E-state index is 13.4.